The zero-order chi connectivity index (χ0) is 13.4. The molecule has 2 aliphatic rings. The Morgan fingerprint density at radius 2 is 2.42 bits per heavy atom. The summed E-state index contributed by atoms with van der Waals surface area (Å²) in [5, 5.41) is 8.55. The van der Waals surface area contributed by atoms with Crippen LogP contribution in [0.3, 0.4) is 0 Å². The van der Waals surface area contributed by atoms with Crippen LogP contribution in [-0.4, -0.2) is 49.5 Å². The van der Waals surface area contributed by atoms with Crippen molar-refractivity contribution in [2.24, 2.45) is 0 Å². The maximum Gasteiger partial charge on any atom is 0.252 e. The molecule has 1 aromatic heterocycles. The van der Waals surface area contributed by atoms with Crippen molar-refractivity contribution >= 4 is 23.3 Å². The Balaban J connectivity index is 2.00. The molecule has 1 aromatic rings. The average Bonchev–Trinajstić information content (AvgIpc) is 2.46. The van der Waals surface area contributed by atoms with E-state index >= 15 is 0 Å². The summed E-state index contributed by atoms with van der Waals surface area (Å²) in [4.78, 5) is 29.9. The van der Waals surface area contributed by atoms with E-state index in [1.54, 1.807) is 13.1 Å². The first-order valence-corrected chi connectivity index (χ1v) is 6.21. The highest BCUT2D eigenvalue weighted by atomic mass is 16.2. The van der Waals surface area contributed by atoms with Crippen molar-refractivity contribution in [3.05, 3.63) is 17.8 Å². The van der Waals surface area contributed by atoms with Crippen LogP contribution in [-0.2, 0) is 4.79 Å². The van der Waals surface area contributed by atoms with Crippen molar-refractivity contribution in [3.8, 4) is 0 Å². The van der Waals surface area contributed by atoms with E-state index in [1.165, 1.54) is 6.20 Å². The van der Waals surface area contributed by atoms with Crippen LogP contribution in [0.15, 0.2) is 12.3 Å². The lowest BCUT2D eigenvalue weighted by atomic mass is 10.1. The summed E-state index contributed by atoms with van der Waals surface area (Å²) in [6.07, 6.45) is 1.54. The lowest BCUT2D eigenvalue weighted by molar-refractivity contribution is -0.117. The molecular formula is C12H15N5O2. The third-order valence-corrected chi connectivity index (χ3v) is 3.43. The molecule has 2 amide bonds. The minimum Gasteiger partial charge on any atom is -0.355 e. The van der Waals surface area contributed by atoms with Crippen LogP contribution in [0, 0.1) is 0 Å². The third kappa shape index (κ3) is 1.91. The minimum atomic E-state index is -0.223. The van der Waals surface area contributed by atoms with Gasteiger partial charge in [-0.3, -0.25) is 9.59 Å². The van der Waals surface area contributed by atoms with E-state index in [4.69, 9.17) is 0 Å². The van der Waals surface area contributed by atoms with Crippen LogP contribution in [0.1, 0.15) is 10.4 Å². The van der Waals surface area contributed by atoms with Crippen LogP contribution in [0.2, 0.25) is 0 Å². The molecule has 100 valence electrons. The Bertz CT molecular complexity index is 545. The first-order chi connectivity index (χ1) is 9.20. The van der Waals surface area contributed by atoms with Gasteiger partial charge in [-0.1, -0.05) is 0 Å². The van der Waals surface area contributed by atoms with Gasteiger partial charge in [0.1, 0.15) is 6.04 Å². The Kier molecular flexibility index (Phi) is 2.83. The van der Waals surface area contributed by atoms with E-state index in [0.29, 0.717) is 17.8 Å². The fourth-order valence-electron chi connectivity index (χ4n) is 2.46. The maximum atomic E-state index is 12.0. The monoisotopic (exact) mass is 261 g/mol. The normalized spacial score (nSPS) is 21.2. The highest BCUT2D eigenvalue weighted by molar-refractivity contribution is 6.05. The van der Waals surface area contributed by atoms with Crippen LogP contribution in [0.5, 0.6) is 0 Å². The van der Waals surface area contributed by atoms with Gasteiger partial charge in [-0.2, -0.15) is 0 Å². The molecule has 0 radical (unpaired) electrons. The number of aromatic nitrogens is 1. The minimum absolute atomic E-state index is 0.0597. The summed E-state index contributed by atoms with van der Waals surface area (Å²) >= 11 is 0. The van der Waals surface area contributed by atoms with E-state index in [0.717, 1.165) is 18.9 Å². The summed E-state index contributed by atoms with van der Waals surface area (Å²) in [6.45, 7) is 2.17. The number of nitrogens with zero attached hydrogens (tertiary/aromatic N) is 2. The molecule has 7 heteroatoms. The first kappa shape index (κ1) is 11.9. The summed E-state index contributed by atoms with van der Waals surface area (Å²) < 4.78 is 0. The zero-order valence-corrected chi connectivity index (χ0v) is 10.6. The second-order valence-electron chi connectivity index (χ2n) is 4.58. The van der Waals surface area contributed by atoms with Gasteiger partial charge in [0, 0.05) is 32.9 Å². The van der Waals surface area contributed by atoms with Crippen molar-refractivity contribution < 1.29 is 9.59 Å². The van der Waals surface area contributed by atoms with E-state index in [-0.39, 0.29) is 17.9 Å². The molecule has 1 saturated heterocycles. The Morgan fingerprint density at radius 3 is 3.21 bits per heavy atom. The van der Waals surface area contributed by atoms with Crippen molar-refractivity contribution in [1.29, 1.82) is 0 Å². The van der Waals surface area contributed by atoms with Gasteiger partial charge in [0.15, 0.2) is 5.82 Å². The zero-order valence-electron chi connectivity index (χ0n) is 10.6. The van der Waals surface area contributed by atoms with Crippen molar-refractivity contribution in [2.45, 2.75) is 6.04 Å². The molecule has 1 unspecified atom stereocenters. The molecule has 2 aliphatic heterocycles. The largest absolute Gasteiger partial charge is 0.355 e. The molecule has 0 aromatic carbocycles. The molecule has 0 aliphatic carbocycles. The Hall–Kier alpha value is -2.15. The Labute approximate surface area is 110 Å². The highest BCUT2D eigenvalue weighted by Gasteiger charge is 2.35. The number of piperazine rings is 1. The van der Waals surface area contributed by atoms with Gasteiger partial charge in [0.2, 0.25) is 5.91 Å². The summed E-state index contributed by atoms with van der Waals surface area (Å²) in [6, 6.07) is 1.44. The number of fused-ring (bicyclic) bond motifs is 3. The van der Waals surface area contributed by atoms with Crippen LogP contribution in [0.25, 0.3) is 0 Å². The van der Waals surface area contributed by atoms with Crippen LogP contribution >= 0.6 is 0 Å². The molecule has 3 rings (SSSR count). The number of carbonyl (C=O) groups excluding carboxylic acids is 2. The van der Waals surface area contributed by atoms with Gasteiger partial charge in [-0.25, -0.2) is 4.98 Å². The predicted molar refractivity (Wildman–Crippen MR) is 70.3 cm³/mol. The number of hydrogen-bond acceptors (Lipinski definition) is 5. The van der Waals surface area contributed by atoms with E-state index in [9.17, 15) is 9.59 Å². The van der Waals surface area contributed by atoms with Gasteiger partial charge in [-0.05, 0) is 6.07 Å². The number of nitrogens with one attached hydrogen (secondary N) is 3. The average molecular weight is 261 g/mol. The molecule has 1 fully saturated rings. The van der Waals surface area contributed by atoms with Crippen molar-refractivity contribution in [1.82, 2.24) is 15.6 Å². The standard InChI is InChI=1S/C12H15N5O2/c1-13-11(18)7-4-8-10(15-5-7)17-3-2-14-6-9(17)12(19)16-8/h4-5,9,14H,2-3,6H2,1H3,(H,13,18)(H,16,19). The Morgan fingerprint density at radius 1 is 1.58 bits per heavy atom. The molecule has 3 N–H and O–H groups in total. The molecule has 3 heterocycles. The van der Waals surface area contributed by atoms with Gasteiger partial charge < -0.3 is 20.9 Å². The second-order valence-corrected chi connectivity index (χ2v) is 4.58. The quantitative estimate of drug-likeness (QED) is 0.614. The fourth-order valence-corrected chi connectivity index (χ4v) is 2.46. The predicted octanol–water partition coefficient (Wildman–Crippen LogP) is -0.828. The molecule has 19 heavy (non-hydrogen) atoms. The smallest absolute Gasteiger partial charge is 0.252 e. The number of rotatable bonds is 1. The summed E-state index contributed by atoms with van der Waals surface area (Å²) in [7, 11) is 1.56. The van der Waals surface area contributed by atoms with Crippen LogP contribution < -0.4 is 20.9 Å². The number of amides is 2. The van der Waals surface area contributed by atoms with Crippen molar-refractivity contribution in [3.63, 3.8) is 0 Å². The molecular weight excluding hydrogens is 246 g/mol. The highest BCUT2D eigenvalue weighted by Crippen LogP contribution is 2.30. The number of hydrogen-bond donors (Lipinski definition) is 3. The van der Waals surface area contributed by atoms with Gasteiger partial charge >= 0.3 is 0 Å². The van der Waals surface area contributed by atoms with E-state index < -0.39 is 0 Å². The lowest BCUT2D eigenvalue weighted by Crippen LogP contribution is -2.59. The SMILES string of the molecule is CNC(=O)c1cnc2c(c1)NC(=O)C1CNCCN21. The first-order valence-electron chi connectivity index (χ1n) is 6.21. The van der Waals surface area contributed by atoms with Gasteiger partial charge in [-0.15, -0.1) is 0 Å². The van der Waals surface area contributed by atoms with E-state index in [2.05, 4.69) is 20.9 Å². The molecule has 0 bridgehead atoms. The number of anilines is 2. The third-order valence-electron chi connectivity index (χ3n) is 3.43. The molecule has 0 saturated carbocycles. The van der Waals surface area contributed by atoms with Gasteiger partial charge in [0.25, 0.3) is 5.91 Å². The summed E-state index contributed by atoms with van der Waals surface area (Å²) in [5.74, 6) is 0.460. The molecule has 1 atom stereocenters. The summed E-state index contributed by atoms with van der Waals surface area (Å²) in [5.41, 5.74) is 1.04. The lowest BCUT2D eigenvalue weighted by Gasteiger charge is -2.40. The van der Waals surface area contributed by atoms with E-state index in [1.807, 2.05) is 4.90 Å². The number of carbonyl (C=O) groups is 2. The van der Waals surface area contributed by atoms with Gasteiger partial charge in [0.05, 0.1) is 11.3 Å². The fraction of sp³-hybridized carbons (Fsp3) is 0.417. The van der Waals surface area contributed by atoms with Crippen molar-refractivity contribution in [2.75, 3.05) is 36.9 Å². The molecule has 0 spiro atoms. The van der Waals surface area contributed by atoms with Crippen LogP contribution in [0.4, 0.5) is 11.5 Å². The number of pyridine rings is 1. The topological polar surface area (TPSA) is 86.4 Å². The maximum absolute atomic E-state index is 12.0. The molecule has 7 nitrogen and oxygen atoms in total. The second kappa shape index (κ2) is 4.51.